The number of alkyl halides is 3. The topological polar surface area (TPSA) is 26.3 Å². The van der Waals surface area contributed by atoms with Crippen LogP contribution in [0.2, 0.25) is 0 Å². The Balaban J connectivity index is 2.05. The fourth-order valence-electron chi connectivity index (χ4n) is 2.17. The quantitative estimate of drug-likeness (QED) is 0.390. The standard InChI is InChI=1S/C19H16F4O2/c1-2-3-13-4-6-15(7-5-13)18(24)25-16-10-8-14(9-11-16)17(20)12-19(21,22)23/h4-12H,2-3H2,1H3. The van der Waals surface area contributed by atoms with Crippen molar-refractivity contribution < 1.29 is 27.1 Å². The first-order valence-corrected chi connectivity index (χ1v) is 7.65. The molecule has 25 heavy (non-hydrogen) atoms. The maximum absolute atomic E-state index is 13.4. The largest absolute Gasteiger partial charge is 0.423 e. The van der Waals surface area contributed by atoms with E-state index in [4.69, 9.17) is 4.74 Å². The van der Waals surface area contributed by atoms with Gasteiger partial charge in [-0.1, -0.05) is 25.5 Å². The Bertz CT molecular complexity index is 744. The van der Waals surface area contributed by atoms with Crippen LogP contribution in [0.3, 0.4) is 0 Å². The van der Waals surface area contributed by atoms with Crippen molar-refractivity contribution in [3.63, 3.8) is 0 Å². The fraction of sp³-hybridized carbons (Fsp3) is 0.211. The van der Waals surface area contributed by atoms with Gasteiger partial charge in [0.2, 0.25) is 0 Å². The maximum Gasteiger partial charge on any atom is 0.412 e. The van der Waals surface area contributed by atoms with Crippen molar-refractivity contribution in [1.82, 2.24) is 0 Å². The summed E-state index contributed by atoms with van der Waals surface area (Å²) in [7, 11) is 0. The molecule has 132 valence electrons. The second kappa shape index (κ2) is 7.96. The predicted molar refractivity (Wildman–Crippen MR) is 87.0 cm³/mol. The summed E-state index contributed by atoms with van der Waals surface area (Å²) in [5.74, 6) is -1.88. The number of esters is 1. The van der Waals surface area contributed by atoms with E-state index < -0.39 is 24.0 Å². The highest BCUT2D eigenvalue weighted by Crippen LogP contribution is 2.26. The Labute approximate surface area is 142 Å². The smallest absolute Gasteiger partial charge is 0.412 e. The van der Waals surface area contributed by atoms with Crippen molar-refractivity contribution in [1.29, 1.82) is 0 Å². The number of hydrogen-bond donors (Lipinski definition) is 0. The molecule has 0 aromatic heterocycles. The molecule has 0 aliphatic rings. The Hall–Kier alpha value is -2.63. The zero-order valence-electron chi connectivity index (χ0n) is 13.4. The van der Waals surface area contributed by atoms with Gasteiger partial charge in [-0.25, -0.2) is 9.18 Å². The molecule has 0 unspecified atom stereocenters. The van der Waals surface area contributed by atoms with E-state index in [1.165, 1.54) is 12.1 Å². The first-order valence-electron chi connectivity index (χ1n) is 7.65. The summed E-state index contributed by atoms with van der Waals surface area (Å²) in [6.07, 6.45) is -3.26. The van der Waals surface area contributed by atoms with E-state index in [0.717, 1.165) is 30.5 Å². The molecule has 0 bridgehead atoms. The third-order valence-electron chi connectivity index (χ3n) is 3.36. The van der Waals surface area contributed by atoms with Gasteiger partial charge >= 0.3 is 12.1 Å². The minimum atomic E-state index is -4.74. The molecular weight excluding hydrogens is 336 g/mol. The highest BCUT2D eigenvalue weighted by molar-refractivity contribution is 5.91. The van der Waals surface area contributed by atoms with Gasteiger partial charge in [0.05, 0.1) is 11.6 Å². The van der Waals surface area contributed by atoms with Crippen molar-refractivity contribution in [3.05, 3.63) is 71.3 Å². The molecule has 0 atom stereocenters. The van der Waals surface area contributed by atoms with Crippen molar-refractivity contribution in [2.75, 3.05) is 0 Å². The average Bonchev–Trinajstić information content (AvgIpc) is 2.55. The first kappa shape index (κ1) is 18.7. The molecule has 6 heteroatoms. The molecule has 0 aliphatic heterocycles. The van der Waals surface area contributed by atoms with Gasteiger partial charge in [0.15, 0.2) is 0 Å². The van der Waals surface area contributed by atoms with Gasteiger partial charge in [-0.3, -0.25) is 0 Å². The van der Waals surface area contributed by atoms with Crippen LogP contribution in [0.25, 0.3) is 5.83 Å². The first-order chi connectivity index (χ1) is 11.8. The second-order valence-corrected chi connectivity index (χ2v) is 5.39. The number of carbonyl (C=O) groups is 1. The number of carbonyl (C=O) groups excluding carboxylic acids is 1. The molecule has 0 N–H and O–H groups in total. The van der Waals surface area contributed by atoms with Gasteiger partial charge < -0.3 is 4.74 Å². The molecule has 2 aromatic carbocycles. The summed E-state index contributed by atoms with van der Waals surface area (Å²) in [6.45, 7) is 2.05. The van der Waals surface area contributed by atoms with Gasteiger partial charge in [0.25, 0.3) is 0 Å². The average molecular weight is 352 g/mol. The fourth-order valence-corrected chi connectivity index (χ4v) is 2.17. The summed E-state index contributed by atoms with van der Waals surface area (Å²) >= 11 is 0. The molecule has 0 heterocycles. The lowest BCUT2D eigenvalue weighted by atomic mass is 10.1. The highest BCUT2D eigenvalue weighted by Gasteiger charge is 2.25. The van der Waals surface area contributed by atoms with Crippen LogP contribution in [0.4, 0.5) is 17.6 Å². The van der Waals surface area contributed by atoms with E-state index in [1.807, 2.05) is 12.1 Å². The summed E-state index contributed by atoms with van der Waals surface area (Å²) in [6, 6.07) is 11.7. The lowest BCUT2D eigenvalue weighted by Crippen LogP contribution is -2.08. The monoisotopic (exact) mass is 352 g/mol. The third-order valence-corrected chi connectivity index (χ3v) is 3.36. The molecular formula is C19H16F4O2. The van der Waals surface area contributed by atoms with Gasteiger partial charge in [-0.2, -0.15) is 13.2 Å². The van der Waals surface area contributed by atoms with Crippen molar-refractivity contribution >= 4 is 11.8 Å². The molecule has 0 spiro atoms. The van der Waals surface area contributed by atoms with Gasteiger partial charge in [-0.05, 0) is 48.4 Å². The van der Waals surface area contributed by atoms with Crippen molar-refractivity contribution in [3.8, 4) is 5.75 Å². The minimum absolute atomic E-state index is 0.117. The Morgan fingerprint density at radius 1 is 1.00 bits per heavy atom. The predicted octanol–water partition coefficient (Wildman–Crippen LogP) is 5.73. The molecule has 2 nitrogen and oxygen atoms in total. The molecule has 0 saturated heterocycles. The molecule has 0 fully saturated rings. The number of rotatable bonds is 5. The van der Waals surface area contributed by atoms with Crippen LogP contribution >= 0.6 is 0 Å². The normalized spacial score (nSPS) is 12.1. The Morgan fingerprint density at radius 2 is 1.56 bits per heavy atom. The molecule has 2 aromatic rings. The SMILES string of the molecule is CCCc1ccc(C(=O)Oc2ccc(C(F)=CC(F)(F)F)cc2)cc1. The summed E-state index contributed by atoms with van der Waals surface area (Å²) in [4.78, 5) is 12.0. The van der Waals surface area contributed by atoms with Crippen molar-refractivity contribution in [2.24, 2.45) is 0 Å². The minimum Gasteiger partial charge on any atom is -0.423 e. The molecule has 0 saturated carbocycles. The zero-order valence-corrected chi connectivity index (χ0v) is 13.4. The summed E-state index contributed by atoms with van der Waals surface area (Å²) in [5, 5.41) is 0. The number of aryl methyl sites for hydroxylation is 1. The zero-order chi connectivity index (χ0) is 18.4. The Kier molecular flexibility index (Phi) is 5.96. The molecule has 0 radical (unpaired) electrons. The van der Waals surface area contributed by atoms with Gasteiger partial charge in [-0.15, -0.1) is 0 Å². The van der Waals surface area contributed by atoms with Crippen LogP contribution in [0.1, 0.15) is 34.8 Å². The van der Waals surface area contributed by atoms with Crippen LogP contribution in [0, 0.1) is 0 Å². The second-order valence-electron chi connectivity index (χ2n) is 5.39. The number of hydrogen-bond acceptors (Lipinski definition) is 2. The molecule has 0 aliphatic carbocycles. The van der Waals surface area contributed by atoms with E-state index in [1.54, 1.807) is 12.1 Å². The maximum atomic E-state index is 13.4. The number of halogens is 4. The van der Waals surface area contributed by atoms with Crippen LogP contribution in [-0.4, -0.2) is 12.1 Å². The van der Waals surface area contributed by atoms with E-state index in [-0.39, 0.29) is 11.3 Å². The van der Waals surface area contributed by atoms with Crippen LogP contribution in [0.15, 0.2) is 54.6 Å². The van der Waals surface area contributed by atoms with Gasteiger partial charge in [0.1, 0.15) is 11.6 Å². The summed E-state index contributed by atoms with van der Waals surface area (Å²) < 4.78 is 54.9. The van der Waals surface area contributed by atoms with Crippen LogP contribution in [-0.2, 0) is 6.42 Å². The van der Waals surface area contributed by atoms with Crippen molar-refractivity contribution in [2.45, 2.75) is 25.9 Å². The lowest BCUT2D eigenvalue weighted by molar-refractivity contribution is -0.0798. The van der Waals surface area contributed by atoms with Gasteiger partial charge in [0, 0.05) is 5.56 Å². The van der Waals surface area contributed by atoms with E-state index in [2.05, 4.69) is 6.92 Å². The van der Waals surface area contributed by atoms with E-state index in [0.29, 0.717) is 5.56 Å². The highest BCUT2D eigenvalue weighted by atomic mass is 19.4. The number of ether oxygens (including phenoxy) is 1. The van der Waals surface area contributed by atoms with E-state index in [9.17, 15) is 22.4 Å². The molecule has 0 amide bonds. The third kappa shape index (κ3) is 5.74. The molecule has 2 rings (SSSR count). The lowest BCUT2D eigenvalue weighted by Gasteiger charge is -2.06. The van der Waals surface area contributed by atoms with E-state index >= 15 is 0 Å². The summed E-state index contributed by atoms with van der Waals surface area (Å²) in [5.41, 5.74) is 1.21. The number of benzene rings is 2. The van der Waals surface area contributed by atoms with Crippen LogP contribution in [0.5, 0.6) is 5.75 Å². The number of allylic oxidation sites excluding steroid dienone is 1. The van der Waals surface area contributed by atoms with Crippen LogP contribution < -0.4 is 4.74 Å². The Morgan fingerprint density at radius 3 is 2.08 bits per heavy atom.